The van der Waals surface area contributed by atoms with Gasteiger partial charge in [-0.2, -0.15) is 5.26 Å². The van der Waals surface area contributed by atoms with E-state index in [0.29, 0.717) is 11.5 Å². The molecule has 0 atom stereocenters. The monoisotopic (exact) mass is 268 g/mol. The second-order valence-corrected chi connectivity index (χ2v) is 4.54. The summed E-state index contributed by atoms with van der Waals surface area (Å²) in [6.45, 7) is 4.09. The first kappa shape index (κ1) is 13.8. The quantitative estimate of drug-likeness (QED) is 0.856. The topological polar surface area (TPSA) is 62.0 Å². The van der Waals surface area contributed by atoms with E-state index in [1.807, 2.05) is 44.0 Å². The van der Waals surface area contributed by atoms with Crippen molar-refractivity contribution in [2.45, 2.75) is 13.8 Å². The van der Waals surface area contributed by atoms with Gasteiger partial charge in [0.2, 0.25) is 0 Å². The average molecular weight is 268 g/mol. The number of aromatic nitrogens is 2. The Kier molecular flexibility index (Phi) is 3.85. The molecule has 1 aromatic carbocycles. The second kappa shape index (κ2) is 5.57. The van der Waals surface area contributed by atoms with E-state index in [1.54, 1.807) is 13.2 Å². The summed E-state index contributed by atoms with van der Waals surface area (Å²) in [6.07, 6.45) is 1.39. The number of rotatable bonds is 3. The van der Waals surface area contributed by atoms with E-state index in [-0.39, 0.29) is 0 Å². The summed E-state index contributed by atoms with van der Waals surface area (Å²) in [7, 11) is 3.53. The van der Waals surface area contributed by atoms with Gasteiger partial charge in [0.1, 0.15) is 29.7 Å². The maximum absolute atomic E-state index is 8.91. The highest BCUT2D eigenvalue weighted by atomic mass is 16.5. The number of aryl methyl sites for hydroxylation is 2. The summed E-state index contributed by atoms with van der Waals surface area (Å²) in [6, 6.07) is 7.70. The van der Waals surface area contributed by atoms with Crippen LogP contribution in [0.25, 0.3) is 0 Å². The lowest BCUT2D eigenvalue weighted by Crippen LogP contribution is -2.13. The highest BCUT2D eigenvalue weighted by Crippen LogP contribution is 2.34. The van der Waals surface area contributed by atoms with Crippen LogP contribution >= 0.6 is 0 Å². The molecule has 0 amide bonds. The lowest BCUT2D eigenvalue weighted by molar-refractivity contribution is 0.415. The number of methoxy groups -OCH3 is 1. The summed E-state index contributed by atoms with van der Waals surface area (Å²) >= 11 is 0. The number of anilines is 2. The Morgan fingerprint density at radius 3 is 2.50 bits per heavy atom. The number of benzene rings is 1. The number of ether oxygens (including phenoxy) is 1. The smallest absolute Gasteiger partial charge is 0.145 e. The minimum absolute atomic E-state index is 0.338. The van der Waals surface area contributed by atoms with Crippen molar-refractivity contribution in [1.82, 2.24) is 9.97 Å². The van der Waals surface area contributed by atoms with Crippen LogP contribution in [0.5, 0.6) is 5.75 Å². The number of nitriles is 1. The van der Waals surface area contributed by atoms with E-state index >= 15 is 0 Å². The molecule has 0 radical (unpaired) electrons. The molecule has 0 saturated heterocycles. The van der Waals surface area contributed by atoms with Crippen LogP contribution < -0.4 is 9.64 Å². The van der Waals surface area contributed by atoms with Crippen molar-refractivity contribution in [3.63, 3.8) is 0 Å². The Morgan fingerprint density at radius 2 is 1.85 bits per heavy atom. The zero-order valence-electron chi connectivity index (χ0n) is 12.0. The molecule has 0 fully saturated rings. The van der Waals surface area contributed by atoms with Crippen molar-refractivity contribution in [3.8, 4) is 11.8 Å². The summed E-state index contributed by atoms with van der Waals surface area (Å²) in [4.78, 5) is 9.96. The van der Waals surface area contributed by atoms with Crippen LogP contribution in [0.3, 0.4) is 0 Å². The zero-order valence-corrected chi connectivity index (χ0v) is 12.0. The van der Waals surface area contributed by atoms with Crippen molar-refractivity contribution in [3.05, 3.63) is 41.3 Å². The Labute approximate surface area is 118 Å². The highest BCUT2D eigenvalue weighted by molar-refractivity contribution is 5.68. The van der Waals surface area contributed by atoms with E-state index in [9.17, 15) is 0 Å². The normalized spacial score (nSPS) is 9.95. The Balaban J connectivity index is 2.50. The molecule has 1 aromatic heterocycles. The van der Waals surface area contributed by atoms with Crippen LogP contribution in [-0.2, 0) is 0 Å². The van der Waals surface area contributed by atoms with Crippen molar-refractivity contribution in [2.24, 2.45) is 0 Å². The third-order valence-corrected chi connectivity index (χ3v) is 3.27. The van der Waals surface area contributed by atoms with Gasteiger partial charge >= 0.3 is 0 Å². The maximum Gasteiger partial charge on any atom is 0.145 e. The average Bonchev–Trinajstić information content (AvgIpc) is 2.48. The third-order valence-electron chi connectivity index (χ3n) is 3.27. The fourth-order valence-corrected chi connectivity index (χ4v) is 1.92. The summed E-state index contributed by atoms with van der Waals surface area (Å²) in [5.41, 5.74) is 3.57. The third kappa shape index (κ3) is 2.54. The molecule has 2 aromatic rings. The summed E-state index contributed by atoms with van der Waals surface area (Å²) in [5, 5.41) is 8.91. The first-order valence-corrected chi connectivity index (χ1v) is 6.18. The molecule has 0 aliphatic carbocycles. The second-order valence-electron chi connectivity index (χ2n) is 4.54. The lowest BCUT2D eigenvalue weighted by atomic mass is 10.1. The summed E-state index contributed by atoms with van der Waals surface area (Å²) in [5.74, 6) is 1.42. The molecule has 2 rings (SSSR count). The summed E-state index contributed by atoms with van der Waals surface area (Å²) < 4.78 is 5.43. The van der Waals surface area contributed by atoms with Gasteiger partial charge < -0.3 is 9.64 Å². The molecule has 5 heteroatoms. The molecule has 5 nitrogen and oxygen atoms in total. The van der Waals surface area contributed by atoms with Gasteiger partial charge in [0.15, 0.2) is 0 Å². The van der Waals surface area contributed by atoms with Gasteiger partial charge in [0.25, 0.3) is 0 Å². The van der Waals surface area contributed by atoms with Gasteiger partial charge in [-0.25, -0.2) is 9.97 Å². The molecule has 0 saturated carbocycles. The van der Waals surface area contributed by atoms with Crippen LogP contribution in [-0.4, -0.2) is 24.1 Å². The van der Waals surface area contributed by atoms with E-state index in [2.05, 4.69) is 9.97 Å². The standard InChI is InChI=1S/C15H16N4O/c1-10-5-13(14(20-4)6-11(10)2)19(3)15-7-12(8-16)17-9-18-15/h5-7,9H,1-4H3. The van der Waals surface area contributed by atoms with Gasteiger partial charge in [-0.3, -0.25) is 0 Å². The van der Waals surface area contributed by atoms with Crippen LogP contribution in [0.2, 0.25) is 0 Å². The molecular formula is C15H16N4O. The highest BCUT2D eigenvalue weighted by Gasteiger charge is 2.13. The molecule has 1 heterocycles. The Bertz CT molecular complexity index is 676. The van der Waals surface area contributed by atoms with Gasteiger partial charge in [0, 0.05) is 13.1 Å². The molecule has 102 valence electrons. The predicted octanol–water partition coefficient (Wildman–Crippen LogP) is 2.74. The molecule has 0 spiro atoms. The molecule has 20 heavy (non-hydrogen) atoms. The number of hydrogen-bond donors (Lipinski definition) is 0. The number of nitrogens with zero attached hydrogens (tertiary/aromatic N) is 4. The molecule has 0 aliphatic heterocycles. The van der Waals surface area contributed by atoms with Gasteiger partial charge in [-0.05, 0) is 37.1 Å². The van der Waals surface area contributed by atoms with E-state index in [1.165, 1.54) is 17.5 Å². The zero-order chi connectivity index (χ0) is 14.7. The maximum atomic E-state index is 8.91. The largest absolute Gasteiger partial charge is 0.495 e. The van der Waals surface area contributed by atoms with Crippen LogP contribution in [0.15, 0.2) is 24.5 Å². The predicted molar refractivity (Wildman–Crippen MR) is 77.3 cm³/mol. The first-order chi connectivity index (χ1) is 9.56. The van der Waals surface area contributed by atoms with Crippen molar-refractivity contribution in [1.29, 1.82) is 5.26 Å². The van der Waals surface area contributed by atoms with E-state index in [0.717, 1.165) is 11.4 Å². The van der Waals surface area contributed by atoms with E-state index < -0.39 is 0 Å². The van der Waals surface area contributed by atoms with Crippen LogP contribution in [0.1, 0.15) is 16.8 Å². The van der Waals surface area contributed by atoms with Gasteiger partial charge in [0.05, 0.1) is 12.8 Å². The van der Waals surface area contributed by atoms with E-state index in [4.69, 9.17) is 10.00 Å². The fourth-order valence-electron chi connectivity index (χ4n) is 1.92. The van der Waals surface area contributed by atoms with Crippen LogP contribution in [0.4, 0.5) is 11.5 Å². The Hall–Kier alpha value is -2.61. The first-order valence-electron chi connectivity index (χ1n) is 6.18. The Morgan fingerprint density at radius 1 is 1.15 bits per heavy atom. The van der Waals surface area contributed by atoms with Crippen molar-refractivity contribution < 1.29 is 4.74 Å². The molecule has 0 N–H and O–H groups in total. The lowest BCUT2D eigenvalue weighted by Gasteiger charge is -2.22. The number of hydrogen-bond acceptors (Lipinski definition) is 5. The minimum atomic E-state index is 0.338. The van der Waals surface area contributed by atoms with Crippen molar-refractivity contribution >= 4 is 11.5 Å². The fraction of sp³-hybridized carbons (Fsp3) is 0.267. The SMILES string of the molecule is COc1cc(C)c(C)cc1N(C)c1cc(C#N)ncn1. The minimum Gasteiger partial charge on any atom is -0.495 e. The van der Waals surface area contributed by atoms with Crippen molar-refractivity contribution in [2.75, 3.05) is 19.1 Å². The molecule has 0 aliphatic rings. The molecule has 0 bridgehead atoms. The van der Waals surface area contributed by atoms with Gasteiger partial charge in [-0.15, -0.1) is 0 Å². The molecule has 0 unspecified atom stereocenters. The van der Waals surface area contributed by atoms with Gasteiger partial charge in [-0.1, -0.05) is 0 Å². The molecular weight excluding hydrogens is 252 g/mol. The van der Waals surface area contributed by atoms with Crippen LogP contribution in [0, 0.1) is 25.2 Å².